The number of hydrogen-bond donors (Lipinski definition) is 0. The van der Waals surface area contributed by atoms with Crippen molar-refractivity contribution in [3.8, 4) is 0 Å². The zero-order valence-corrected chi connectivity index (χ0v) is 11.0. The van der Waals surface area contributed by atoms with Gasteiger partial charge in [0.15, 0.2) is 0 Å². The zero-order chi connectivity index (χ0) is 16.0. The minimum atomic E-state index is -5.48. The molecule has 6 rings (SSSR count). The third-order valence-electron chi connectivity index (χ3n) is 6.99. The van der Waals surface area contributed by atoms with Crippen LogP contribution in [0.15, 0.2) is 0 Å². The fraction of sp³-hybridized carbons (Fsp3) is 0.923. The van der Waals surface area contributed by atoms with Crippen molar-refractivity contribution < 1.29 is 40.6 Å². The predicted molar refractivity (Wildman–Crippen MR) is 55.1 cm³/mol. The van der Waals surface area contributed by atoms with E-state index in [1.807, 2.05) is 0 Å². The molecule has 6 fully saturated rings. The molecule has 0 unspecified atom stereocenters. The summed E-state index contributed by atoms with van der Waals surface area (Å²) in [4.78, 5) is 11.8. The summed E-state index contributed by atoms with van der Waals surface area (Å²) in [6, 6.07) is 0. The van der Waals surface area contributed by atoms with E-state index in [9.17, 15) is 31.1 Å². The molecule has 0 aliphatic heterocycles. The van der Waals surface area contributed by atoms with Crippen molar-refractivity contribution in [2.45, 2.75) is 24.1 Å². The lowest BCUT2D eigenvalue weighted by molar-refractivity contribution is -0.662. The Morgan fingerprint density at radius 3 is 1.64 bits per heavy atom. The Labute approximate surface area is 119 Å². The van der Waals surface area contributed by atoms with Crippen molar-refractivity contribution in [2.24, 2.45) is 40.9 Å². The molecule has 3 nitrogen and oxygen atoms in total. The van der Waals surface area contributed by atoms with Crippen LogP contribution in [0.3, 0.4) is 0 Å². The maximum atomic E-state index is 12.7. The molecule has 0 amide bonds. The van der Waals surface area contributed by atoms with E-state index in [2.05, 4.69) is 4.74 Å². The number of rotatable bonds is 3. The Bertz CT molecular complexity index is 540. The van der Waals surface area contributed by atoms with E-state index in [0.717, 1.165) is 0 Å². The summed E-state index contributed by atoms with van der Waals surface area (Å²) in [5, 5.41) is 0. The number of carbonyl (C=O) groups is 1. The first-order valence-electron chi connectivity index (χ1n) is 6.95. The zero-order valence-electron chi connectivity index (χ0n) is 11.0. The van der Waals surface area contributed by atoms with E-state index in [4.69, 9.17) is 4.74 Å². The summed E-state index contributed by atoms with van der Waals surface area (Å²) in [5.41, 5.74) is -1.89. The van der Waals surface area contributed by atoms with Gasteiger partial charge in [0.25, 0.3) is 0 Å². The topological polar surface area (TPSA) is 35.5 Å². The second-order valence-electron chi connectivity index (χ2n) is 7.01. The number of halogens is 6. The largest absolute Gasteiger partial charge is 0.469 e. The Hall–Kier alpha value is -0.990. The predicted octanol–water partition coefficient (Wildman–Crippen LogP) is 2.16. The number of esters is 1. The molecule has 0 atom stereocenters. The van der Waals surface area contributed by atoms with Crippen molar-refractivity contribution in [1.29, 1.82) is 0 Å². The van der Waals surface area contributed by atoms with Crippen LogP contribution in [0.5, 0.6) is 0 Å². The minimum absolute atomic E-state index is 0.137. The Kier molecular flexibility index (Phi) is 1.84. The molecule has 6 saturated carbocycles. The van der Waals surface area contributed by atoms with Crippen LogP contribution in [0.4, 0.5) is 26.3 Å². The van der Waals surface area contributed by atoms with E-state index >= 15 is 0 Å². The van der Waals surface area contributed by atoms with Crippen LogP contribution in [0.1, 0.15) is 0 Å². The highest BCUT2D eigenvalue weighted by Gasteiger charge is 3.13. The molecule has 0 aromatic rings. The highest BCUT2D eigenvalue weighted by molar-refractivity contribution is 5.88. The number of carbonyl (C=O) groups excluding carboxylic acids is 1. The molecule has 9 heteroatoms. The van der Waals surface area contributed by atoms with E-state index in [0.29, 0.717) is 0 Å². The van der Waals surface area contributed by atoms with Gasteiger partial charge in [-0.25, -0.2) is 0 Å². The summed E-state index contributed by atoms with van der Waals surface area (Å²) in [7, 11) is 1.25. The van der Waals surface area contributed by atoms with Crippen LogP contribution in [0, 0.1) is 40.9 Å². The monoisotopic (exact) mass is 328 g/mol. The summed E-state index contributed by atoms with van der Waals surface area (Å²) in [6.07, 6.45) is -14.7. The van der Waals surface area contributed by atoms with Crippen LogP contribution in [-0.4, -0.2) is 37.1 Å². The van der Waals surface area contributed by atoms with Crippen molar-refractivity contribution in [1.82, 2.24) is 0 Å². The van der Waals surface area contributed by atoms with Gasteiger partial charge >= 0.3 is 18.3 Å². The van der Waals surface area contributed by atoms with Gasteiger partial charge in [-0.1, -0.05) is 0 Å². The lowest BCUT2D eigenvalue weighted by Crippen LogP contribution is -3.14. The first-order valence-corrected chi connectivity index (χ1v) is 6.95. The number of methoxy groups -OCH3 is 1. The second kappa shape index (κ2) is 3.01. The highest BCUT2D eigenvalue weighted by Crippen LogP contribution is 3.08. The van der Waals surface area contributed by atoms with Gasteiger partial charge in [0.1, 0.15) is 0 Å². The fourth-order valence-electron chi connectivity index (χ4n) is 6.77. The Morgan fingerprint density at radius 1 is 0.909 bits per heavy atom. The van der Waals surface area contributed by atoms with Crippen LogP contribution >= 0.6 is 0 Å². The quantitative estimate of drug-likeness (QED) is 0.588. The summed E-state index contributed by atoms with van der Waals surface area (Å²) in [5.74, 6) is -1.78. The maximum absolute atomic E-state index is 12.7. The summed E-state index contributed by atoms with van der Waals surface area (Å²) in [6.45, 7) is 0. The van der Waals surface area contributed by atoms with Gasteiger partial charge in [-0.3, -0.25) is 4.79 Å². The molecule has 0 spiro atoms. The first kappa shape index (κ1) is 13.4. The van der Waals surface area contributed by atoms with Gasteiger partial charge in [0.2, 0.25) is 6.10 Å². The van der Waals surface area contributed by atoms with Crippen LogP contribution in [-0.2, 0) is 14.3 Å². The molecular formula is C13H10F6O3. The minimum Gasteiger partial charge on any atom is -0.469 e. The molecule has 122 valence electrons. The van der Waals surface area contributed by atoms with Gasteiger partial charge in [-0.2, -0.15) is 26.3 Å². The van der Waals surface area contributed by atoms with Crippen LogP contribution < -0.4 is 0 Å². The molecule has 0 bridgehead atoms. The fourth-order valence-corrected chi connectivity index (χ4v) is 6.77. The summed E-state index contributed by atoms with van der Waals surface area (Å²) >= 11 is 0. The second-order valence-corrected chi connectivity index (χ2v) is 7.01. The van der Waals surface area contributed by atoms with Gasteiger partial charge in [-0.05, 0) is 35.5 Å². The van der Waals surface area contributed by atoms with Crippen molar-refractivity contribution >= 4 is 5.97 Å². The molecular weight excluding hydrogens is 318 g/mol. The molecule has 0 radical (unpaired) electrons. The maximum Gasteiger partial charge on any atom is 0.423 e. The van der Waals surface area contributed by atoms with Gasteiger partial charge in [-0.15, -0.1) is 0 Å². The normalized spacial score (nSPS) is 55.3. The average Bonchev–Trinajstić information content (AvgIpc) is 2.41. The standard InChI is InChI=1S/C13H10F6O3/c1-21-9(20)10-2-5-3(10)7-4(10)6(2)11(5,7)22-8(12(14,15)16)13(17,18)19/h2-8H,1H3. The molecule has 0 saturated heterocycles. The Balaban J connectivity index is 1.40. The number of alkyl halides is 6. The molecule has 0 aromatic heterocycles. The van der Waals surface area contributed by atoms with Crippen molar-refractivity contribution in [3.63, 3.8) is 0 Å². The van der Waals surface area contributed by atoms with Gasteiger partial charge in [0, 0.05) is 0 Å². The highest BCUT2D eigenvalue weighted by atomic mass is 19.4. The van der Waals surface area contributed by atoms with Crippen LogP contribution in [0.2, 0.25) is 0 Å². The van der Waals surface area contributed by atoms with Crippen molar-refractivity contribution in [2.75, 3.05) is 7.11 Å². The number of ether oxygens (including phenoxy) is 2. The first-order chi connectivity index (χ1) is 10.1. The average molecular weight is 328 g/mol. The third kappa shape index (κ3) is 0.874. The number of hydrogen-bond acceptors (Lipinski definition) is 3. The SMILES string of the molecule is COC(=O)C12C3C4C1C1C2C3C41OC(C(F)(F)F)C(F)(F)F. The summed E-state index contributed by atoms with van der Waals surface area (Å²) < 4.78 is 85.3. The smallest absolute Gasteiger partial charge is 0.423 e. The molecule has 6 aliphatic rings. The van der Waals surface area contributed by atoms with E-state index in [1.54, 1.807) is 0 Å². The van der Waals surface area contributed by atoms with Crippen molar-refractivity contribution in [3.05, 3.63) is 0 Å². The van der Waals surface area contributed by atoms with Gasteiger partial charge < -0.3 is 9.47 Å². The van der Waals surface area contributed by atoms with Gasteiger partial charge in [0.05, 0.1) is 18.1 Å². The molecule has 0 heterocycles. The third-order valence-corrected chi connectivity index (χ3v) is 6.99. The van der Waals surface area contributed by atoms with E-state index in [1.165, 1.54) is 7.11 Å². The van der Waals surface area contributed by atoms with E-state index in [-0.39, 0.29) is 41.5 Å². The Morgan fingerprint density at radius 2 is 1.32 bits per heavy atom. The lowest BCUT2D eigenvalue weighted by atomic mass is 8.95. The molecule has 0 aromatic carbocycles. The lowest BCUT2D eigenvalue weighted by Gasteiger charge is -3.09. The molecule has 22 heavy (non-hydrogen) atoms. The van der Waals surface area contributed by atoms with Crippen LogP contribution in [0.25, 0.3) is 0 Å². The molecule has 0 N–H and O–H groups in total. The van der Waals surface area contributed by atoms with E-state index < -0.39 is 29.5 Å². The molecule has 6 aliphatic carbocycles.